The van der Waals surface area contributed by atoms with Crippen LogP contribution in [0.4, 0.5) is 11.4 Å². The summed E-state index contributed by atoms with van der Waals surface area (Å²) in [5, 5.41) is 13.2. The van der Waals surface area contributed by atoms with Crippen LogP contribution < -0.4 is 10.6 Å². The van der Waals surface area contributed by atoms with E-state index in [4.69, 9.17) is 0 Å². The van der Waals surface area contributed by atoms with E-state index in [2.05, 4.69) is 25.8 Å². The van der Waals surface area contributed by atoms with Gasteiger partial charge in [-0.3, -0.25) is 14.7 Å². The fraction of sp³-hybridized carbons (Fsp3) is 0.444. The van der Waals surface area contributed by atoms with Gasteiger partial charge in [0, 0.05) is 25.9 Å². The van der Waals surface area contributed by atoms with E-state index in [1.54, 1.807) is 0 Å². The zero-order valence-electron chi connectivity index (χ0n) is 14.7. The third-order valence-electron chi connectivity index (χ3n) is 5.16. The number of aryl methyl sites for hydroxylation is 2. The van der Waals surface area contributed by atoms with Gasteiger partial charge in [-0.05, 0) is 31.9 Å². The number of amides is 2. The van der Waals surface area contributed by atoms with E-state index < -0.39 is 5.54 Å². The summed E-state index contributed by atoms with van der Waals surface area (Å²) in [6.45, 7) is 2.96. The number of aromatic amines is 1. The Hall–Kier alpha value is -2.90. The van der Waals surface area contributed by atoms with Gasteiger partial charge < -0.3 is 15.5 Å². The van der Waals surface area contributed by atoms with Crippen LogP contribution in [-0.2, 0) is 16.0 Å². The lowest BCUT2D eigenvalue weighted by Crippen LogP contribution is -2.59. The fourth-order valence-corrected chi connectivity index (χ4v) is 3.63. The number of fused-ring (bicyclic) bond motifs is 1. The number of para-hydroxylation sites is 2. The van der Waals surface area contributed by atoms with E-state index in [0.717, 1.165) is 17.2 Å². The number of benzene rings is 1. The van der Waals surface area contributed by atoms with Crippen molar-refractivity contribution in [1.29, 1.82) is 0 Å². The summed E-state index contributed by atoms with van der Waals surface area (Å²) in [4.78, 5) is 31.2. The fourth-order valence-electron chi connectivity index (χ4n) is 3.63. The van der Waals surface area contributed by atoms with Crippen LogP contribution in [0.1, 0.15) is 30.9 Å². The van der Waals surface area contributed by atoms with Crippen LogP contribution in [0.25, 0.3) is 0 Å². The van der Waals surface area contributed by atoms with E-state index in [0.29, 0.717) is 44.6 Å². The Morgan fingerprint density at radius 2 is 1.96 bits per heavy atom. The predicted octanol–water partition coefficient (Wildman–Crippen LogP) is 1.47. The van der Waals surface area contributed by atoms with Crippen molar-refractivity contribution in [2.75, 3.05) is 23.7 Å². The van der Waals surface area contributed by atoms with Gasteiger partial charge in [0.25, 0.3) is 0 Å². The van der Waals surface area contributed by atoms with Crippen LogP contribution in [0, 0.1) is 6.92 Å². The molecule has 8 heteroatoms. The Morgan fingerprint density at radius 1 is 1.23 bits per heavy atom. The first-order valence-electron chi connectivity index (χ1n) is 8.90. The summed E-state index contributed by atoms with van der Waals surface area (Å²) >= 11 is 0. The van der Waals surface area contributed by atoms with E-state index in [1.807, 2.05) is 36.1 Å². The molecule has 26 heavy (non-hydrogen) atoms. The minimum atomic E-state index is -0.633. The standard InChI is InChI=1S/C18H22N6O2/c1-12-19-15(23-22-12)6-7-16(25)24-10-8-18(9-11-24)17(26)20-13-4-2-3-5-14(13)21-18/h2-5,21H,6-11H2,1H3,(H,20,26)(H,19,22,23). The van der Waals surface area contributed by atoms with E-state index >= 15 is 0 Å². The molecule has 1 saturated heterocycles. The minimum Gasteiger partial charge on any atom is -0.369 e. The van der Waals surface area contributed by atoms with Crippen molar-refractivity contribution in [3.05, 3.63) is 35.9 Å². The molecule has 0 atom stereocenters. The lowest BCUT2D eigenvalue weighted by molar-refractivity contribution is -0.134. The molecule has 1 aromatic carbocycles. The SMILES string of the molecule is Cc1nc(CCC(=O)N2CCC3(CC2)Nc2ccccc2NC3=O)n[nH]1. The lowest BCUT2D eigenvalue weighted by atomic mass is 9.84. The molecule has 0 bridgehead atoms. The smallest absolute Gasteiger partial charge is 0.250 e. The van der Waals surface area contributed by atoms with Crippen molar-refractivity contribution in [2.45, 2.75) is 38.1 Å². The number of hydrogen-bond acceptors (Lipinski definition) is 5. The first kappa shape index (κ1) is 16.6. The molecule has 3 N–H and O–H groups in total. The predicted molar refractivity (Wildman–Crippen MR) is 96.7 cm³/mol. The number of carbonyl (C=O) groups is 2. The maximum atomic E-state index is 12.6. The molecule has 0 aliphatic carbocycles. The van der Waals surface area contributed by atoms with Gasteiger partial charge in [0.15, 0.2) is 5.82 Å². The minimum absolute atomic E-state index is 0.0144. The molecule has 1 fully saturated rings. The summed E-state index contributed by atoms with van der Waals surface area (Å²) in [6, 6.07) is 7.69. The number of carbonyl (C=O) groups excluding carboxylic acids is 2. The van der Waals surface area contributed by atoms with Crippen LogP contribution in [0.5, 0.6) is 0 Å². The quantitative estimate of drug-likeness (QED) is 0.774. The van der Waals surface area contributed by atoms with Crippen molar-refractivity contribution in [1.82, 2.24) is 20.1 Å². The van der Waals surface area contributed by atoms with Gasteiger partial charge >= 0.3 is 0 Å². The molecule has 4 rings (SSSR count). The molecule has 0 saturated carbocycles. The highest BCUT2D eigenvalue weighted by Crippen LogP contribution is 2.36. The van der Waals surface area contributed by atoms with Crippen LogP contribution >= 0.6 is 0 Å². The number of piperidine rings is 1. The Bertz CT molecular complexity index is 838. The molecule has 0 radical (unpaired) electrons. The summed E-state index contributed by atoms with van der Waals surface area (Å²) in [5.74, 6) is 1.48. The van der Waals surface area contributed by atoms with E-state index in [1.165, 1.54) is 0 Å². The number of nitrogens with one attached hydrogen (secondary N) is 3. The van der Waals surface area contributed by atoms with Crippen LogP contribution in [0.3, 0.4) is 0 Å². The van der Waals surface area contributed by atoms with Gasteiger partial charge in [0.2, 0.25) is 11.8 Å². The first-order chi connectivity index (χ1) is 12.6. The number of anilines is 2. The maximum absolute atomic E-state index is 12.6. The zero-order chi connectivity index (χ0) is 18.1. The first-order valence-corrected chi connectivity index (χ1v) is 8.90. The average Bonchev–Trinajstić information content (AvgIpc) is 3.07. The number of hydrogen-bond donors (Lipinski definition) is 3. The highest BCUT2D eigenvalue weighted by Gasteiger charge is 2.44. The van der Waals surface area contributed by atoms with Crippen LogP contribution in [0.15, 0.2) is 24.3 Å². The molecule has 2 amide bonds. The molecular formula is C18H22N6O2. The molecule has 1 aromatic heterocycles. The average molecular weight is 354 g/mol. The highest BCUT2D eigenvalue weighted by molar-refractivity contribution is 6.06. The largest absolute Gasteiger partial charge is 0.369 e. The van der Waals surface area contributed by atoms with Crippen molar-refractivity contribution < 1.29 is 9.59 Å². The van der Waals surface area contributed by atoms with Gasteiger partial charge in [0.1, 0.15) is 11.4 Å². The molecule has 8 nitrogen and oxygen atoms in total. The second-order valence-electron chi connectivity index (χ2n) is 6.92. The second-order valence-corrected chi connectivity index (χ2v) is 6.92. The monoisotopic (exact) mass is 354 g/mol. The van der Waals surface area contributed by atoms with E-state index in [-0.39, 0.29) is 11.8 Å². The zero-order valence-corrected chi connectivity index (χ0v) is 14.7. The number of rotatable bonds is 3. The molecule has 0 unspecified atom stereocenters. The van der Waals surface area contributed by atoms with Gasteiger partial charge in [-0.2, -0.15) is 5.10 Å². The molecule has 1 spiro atoms. The Labute approximate surface area is 151 Å². The summed E-state index contributed by atoms with van der Waals surface area (Å²) in [5.41, 5.74) is 1.11. The van der Waals surface area contributed by atoms with Gasteiger partial charge in [-0.25, -0.2) is 4.98 Å². The third kappa shape index (κ3) is 3.02. The summed E-state index contributed by atoms with van der Waals surface area (Å²) in [6.07, 6.45) is 2.10. The summed E-state index contributed by atoms with van der Waals surface area (Å²) in [7, 11) is 0. The normalized spacial score (nSPS) is 18.2. The highest BCUT2D eigenvalue weighted by atomic mass is 16.2. The van der Waals surface area contributed by atoms with Crippen molar-refractivity contribution in [3.63, 3.8) is 0 Å². The van der Waals surface area contributed by atoms with Crippen molar-refractivity contribution in [3.8, 4) is 0 Å². The van der Waals surface area contributed by atoms with Gasteiger partial charge in [-0.15, -0.1) is 0 Å². The number of aromatic nitrogens is 3. The summed E-state index contributed by atoms with van der Waals surface area (Å²) < 4.78 is 0. The maximum Gasteiger partial charge on any atom is 0.250 e. The van der Waals surface area contributed by atoms with Crippen LogP contribution in [-0.4, -0.2) is 50.5 Å². The Kier molecular flexibility index (Phi) is 4.10. The van der Waals surface area contributed by atoms with Crippen molar-refractivity contribution in [2.24, 2.45) is 0 Å². The number of likely N-dealkylation sites (tertiary alicyclic amines) is 1. The van der Waals surface area contributed by atoms with Gasteiger partial charge in [0.05, 0.1) is 11.4 Å². The molecule has 2 aliphatic rings. The van der Waals surface area contributed by atoms with Gasteiger partial charge in [-0.1, -0.05) is 12.1 Å². The Morgan fingerprint density at radius 3 is 2.65 bits per heavy atom. The second kappa shape index (κ2) is 6.44. The third-order valence-corrected chi connectivity index (χ3v) is 5.16. The topological polar surface area (TPSA) is 103 Å². The lowest BCUT2D eigenvalue weighted by Gasteiger charge is -2.44. The number of H-pyrrole nitrogens is 1. The molecule has 3 heterocycles. The molecule has 2 aromatic rings. The molecule has 2 aliphatic heterocycles. The molecular weight excluding hydrogens is 332 g/mol. The molecule has 136 valence electrons. The number of nitrogens with zero attached hydrogens (tertiary/aromatic N) is 3. The van der Waals surface area contributed by atoms with Crippen LogP contribution in [0.2, 0.25) is 0 Å². The van der Waals surface area contributed by atoms with Crippen molar-refractivity contribution >= 4 is 23.2 Å². The Balaban J connectivity index is 1.36. The van der Waals surface area contributed by atoms with E-state index in [9.17, 15) is 9.59 Å².